The van der Waals surface area contributed by atoms with Crippen LogP contribution in [0.5, 0.6) is 0 Å². The molecule has 0 N–H and O–H groups in total. The molecule has 84 valence electrons. The van der Waals surface area contributed by atoms with Gasteiger partial charge in [-0.1, -0.05) is 28.1 Å². The second-order valence-corrected chi connectivity index (χ2v) is 4.22. The van der Waals surface area contributed by atoms with Gasteiger partial charge in [0.05, 0.1) is 6.54 Å². The van der Waals surface area contributed by atoms with E-state index in [0.29, 0.717) is 5.82 Å². The number of halogens is 3. The summed E-state index contributed by atoms with van der Waals surface area (Å²) in [7, 11) is 0. The molecule has 0 amide bonds. The standard InChI is InChI=1S/C11H9BrF2N2/c12-9-3-1-8(2-4-9)11-15-5-6-16(11)7-10(13)14/h1-6,10H,7H2. The summed E-state index contributed by atoms with van der Waals surface area (Å²) in [6.45, 7) is -0.328. The summed E-state index contributed by atoms with van der Waals surface area (Å²) in [6, 6.07) is 7.40. The maximum Gasteiger partial charge on any atom is 0.256 e. The molecule has 2 rings (SSSR count). The van der Waals surface area contributed by atoms with Crippen molar-refractivity contribution in [2.24, 2.45) is 0 Å². The third-order valence-electron chi connectivity index (χ3n) is 2.15. The van der Waals surface area contributed by atoms with E-state index < -0.39 is 6.43 Å². The van der Waals surface area contributed by atoms with Crippen LogP contribution in [-0.4, -0.2) is 16.0 Å². The van der Waals surface area contributed by atoms with Gasteiger partial charge in [-0.05, 0) is 12.1 Å². The first-order valence-corrected chi connectivity index (χ1v) is 5.51. The first-order chi connectivity index (χ1) is 7.66. The van der Waals surface area contributed by atoms with Crippen LogP contribution in [0, 0.1) is 0 Å². The van der Waals surface area contributed by atoms with Gasteiger partial charge in [0, 0.05) is 22.4 Å². The molecule has 2 nitrogen and oxygen atoms in total. The zero-order chi connectivity index (χ0) is 11.5. The fraction of sp³-hybridized carbons (Fsp3) is 0.182. The maximum atomic E-state index is 12.3. The highest BCUT2D eigenvalue weighted by Crippen LogP contribution is 2.20. The molecule has 0 aliphatic heterocycles. The molecule has 16 heavy (non-hydrogen) atoms. The summed E-state index contributed by atoms with van der Waals surface area (Å²) in [6.07, 6.45) is 0.715. The smallest absolute Gasteiger partial charge is 0.256 e. The Bertz CT molecular complexity index is 465. The number of hydrogen-bond donors (Lipinski definition) is 0. The molecule has 0 saturated carbocycles. The van der Waals surface area contributed by atoms with E-state index in [2.05, 4.69) is 20.9 Å². The van der Waals surface area contributed by atoms with Crippen molar-refractivity contribution in [3.63, 3.8) is 0 Å². The van der Waals surface area contributed by atoms with Crippen LogP contribution in [0.1, 0.15) is 0 Å². The van der Waals surface area contributed by atoms with Gasteiger partial charge >= 0.3 is 0 Å². The summed E-state index contributed by atoms with van der Waals surface area (Å²) >= 11 is 3.32. The van der Waals surface area contributed by atoms with Gasteiger partial charge in [0.2, 0.25) is 0 Å². The Balaban J connectivity index is 2.33. The monoisotopic (exact) mass is 286 g/mol. The van der Waals surface area contributed by atoms with E-state index in [0.717, 1.165) is 10.0 Å². The van der Waals surface area contributed by atoms with Crippen LogP contribution >= 0.6 is 15.9 Å². The van der Waals surface area contributed by atoms with E-state index in [1.807, 2.05) is 24.3 Å². The van der Waals surface area contributed by atoms with E-state index in [-0.39, 0.29) is 6.54 Å². The number of aromatic nitrogens is 2. The predicted octanol–water partition coefficient (Wildman–Crippen LogP) is 3.58. The molecule has 0 unspecified atom stereocenters. The average molecular weight is 287 g/mol. The van der Waals surface area contributed by atoms with Gasteiger partial charge in [-0.15, -0.1) is 0 Å². The highest BCUT2D eigenvalue weighted by Gasteiger charge is 2.10. The van der Waals surface area contributed by atoms with Crippen molar-refractivity contribution >= 4 is 15.9 Å². The van der Waals surface area contributed by atoms with Gasteiger partial charge in [-0.3, -0.25) is 0 Å². The van der Waals surface area contributed by atoms with Crippen LogP contribution in [0.2, 0.25) is 0 Å². The number of hydrogen-bond acceptors (Lipinski definition) is 1. The molecular formula is C11H9BrF2N2. The molecule has 0 bridgehead atoms. The lowest BCUT2D eigenvalue weighted by molar-refractivity contribution is 0.127. The van der Waals surface area contributed by atoms with E-state index in [1.165, 1.54) is 10.8 Å². The largest absolute Gasteiger partial charge is 0.325 e. The summed E-state index contributed by atoms with van der Waals surface area (Å²) in [5.74, 6) is 0.563. The molecule has 1 heterocycles. The Labute approximate surface area is 100 Å². The summed E-state index contributed by atoms with van der Waals surface area (Å²) < 4.78 is 27.0. The van der Waals surface area contributed by atoms with Crippen LogP contribution in [0.4, 0.5) is 8.78 Å². The number of rotatable bonds is 3. The highest BCUT2D eigenvalue weighted by molar-refractivity contribution is 9.10. The molecule has 2 aromatic rings. The Hall–Kier alpha value is -1.23. The minimum Gasteiger partial charge on any atom is -0.325 e. The van der Waals surface area contributed by atoms with Crippen molar-refractivity contribution in [3.8, 4) is 11.4 Å². The fourth-order valence-corrected chi connectivity index (χ4v) is 1.73. The third kappa shape index (κ3) is 2.47. The first-order valence-electron chi connectivity index (χ1n) is 4.72. The van der Waals surface area contributed by atoms with Crippen molar-refractivity contribution < 1.29 is 8.78 Å². The lowest BCUT2D eigenvalue weighted by Crippen LogP contribution is -2.06. The molecule has 5 heteroatoms. The SMILES string of the molecule is FC(F)Cn1ccnc1-c1ccc(Br)cc1. The van der Waals surface area contributed by atoms with Crippen LogP contribution < -0.4 is 0 Å². The van der Waals surface area contributed by atoms with Crippen molar-refractivity contribution in [1.29, 1.82) is 0 Å². The third-order valence-corrected chi connectivity index (χ3v) is 2.68. The maximum absolute atomic E-state index is 12.3. The van der Waals surface area contributed by atoms with Crippen molar-refractivity contribution in [2.75, 3.05) is 0 Å². The van der Waals surface area contributed by atoms with E-state index in [4.69, 9.17) is 0 Å². The highest BCUT2D eigenvalue weighted by atomic mass is 79.9. The van der Waals surface area contributed by atoms with Crippen LogP contribution in [-0.2, 0) is 6.54 Å². The second kappa shape index (κ2) is 4.74. The van der Waals surface area contributed by atoms with Gasteiger partial charge in [-0.25, -0.2) is 13.8 Å². The molecule has 0 spiro atoms. The first kappa shape index (κ1) is 11.3. The molecule has 0 aliphatic rings. The summed E-state index contributed by atoms with van der Waals surface area (Å²) in [5, 5.41) is 0. The fourth-order valence-electron chi connectivity index (χ4n) is 1.46. The average Bonchev–Trinajstić information content (AvgIpc) is 2.66. The lowest BCUT2D eigenvalue weighted by Gasteiger charge is -2.06. The molecule has 0 aliphatic carbocycles. The van der Waals surface area contributed by atoms with Gasteiger partial charge in [0.25, 0.3) is 6.43 Å². The molecule has 0 atom stereocenters. The molecule has 1 aromatic heterocycles. The van der Waals surface area contributed by atoms with Gasteiger partial charge in [-0.2, -0.15) is 0 Å². The normalized spacial score (nSPS) is 11.0. The minimum atomic E-state index is -2.37. The molecule has 1 aromatic carbocycles. The molecule has 0 fully saturated rings. The van der Waals surface area contributed by atoms with Crippen LogP contribution in [0.25, 0.3) is 11.4 Å². The Kier molecular flexibility index (Phi) is 3.33. The van der Waals surface area contributed by atoms with Crippen LogP contribution in [0.15, 0.2) is 41.1 Å². The van der Waals surface area contributed by atoms with Crippen LogP contribution in [0.3, 0.4) is 0 Å². The summed E-state index contributed by atoms with van der Waals surface area (Å²) in [5.41, 5.74) is 0.828. The number of nitrogens with zero attached hydrogens (tertiary/aromatic N) is 2. The molecule has 0 radical (unpaired) electrons. The van der Waals surface area contributed by atoms with Gasteiger partial charge < -0.3 is 4.57 Å². The minimum absolute atomic E-state index is 0.328. The van der Waals surface area contributed by atoms with Crippen molar-refractivity contribution in [2.45, 2.75) is 13.0 Å². The van der Waals surface area contributed by atoms with Gasteiger partial charge in [0.15, 0.2) is 0 Å². The summed E-state index contributed by atoms with van der Waals surface area (Å²) in [4.78, 5) is 4.08. The van der Waals surface area contributed by atoms with E-state index in [1.54, 1.807) is 6.20 Å². The Morgan fingerprint density at radius 1 is 1.25 bits per heavy atom. The Morgan fingerprint density at radius 2 is 1.94 bits per heavy atom. The van der Waals surface area contributed by atoms with Gasteiger partial charge in [0.1, 0.15) is 5.82 Å². The zero-order valence-electron chi connectivity index (χ0n) is 8.28. The molecule has 0 saturated heterocycles. The quantitative estimate of drug-likeness (QED) is 0.843. The Morgan fingerprint density at radius 3 is 2.56 bits per heavy atom. The number of benzene rings is 1. The van der Waals surface area contributed by atoms with Crippen molar-refractivity contribution in [3.05, 3.63) is 41.1 Å². The molecular weight excluding hydrogens is 278 g/mol. The number of imidazole rings is 1. The van der Waals surface area contributed by atoms with Crippen molar-refractivity contribution in [1.82, 2.24) is 9.55 Å². The topological polar surface area (TPSA) is 17.8 Å². The predicted molar refractivity (Wildman–Crippen MR) is 61.4 cm³/mol. The van der Waals surface area contributed by atoms with E-state index in [9.17, 15) is 8.78 Å². The van der Waals surface area contributed by atoms with E-state index >= 15 is 0 Å². The zero-order valence-corrected chi connectivity index (χ0v) is 9.86. The lowest BCUT2D eigenvalue weighted by atomic mass is 10.2. The second-order valence-electron chi connectivity index (χ2n) is 3.30. The number of alkyl halides is 2.